The molecular weight excluding hydrogens is 698 g/mol. The molecule has 0 radical (unpaired) electrons. The number of phenols is 1. The first kappa shape index (κ1) is 36.3. The van der Waals surface area contributed by atoms with Gasteiger partial charge < -0.3 is 19.6 Å². The molecular formula is C38H43Cl2FN4O2S2. The Hall–Kier alpha value is -2.53. The number of thioether (sulfide) groups is 2. The summed E-state index contributed by atoms with van der Waals surface area (Å²) < 4.78 is 17.6. The number of benzene rings is 2. The van der Waals surface area contributed by atoms with Gasteiger partial charge in [0.1, 0.15) is 23.1 Å². The Morgan fingerprint density at radius 2 is 1.20 bits per heavy atom. The quantitative estimate of drug-likeness (QED) is 0.210. The van der Waals surface area contributed by atoms with E-state index < -0.39 is 0 Å². The monoisotopic (exact) mass is 740 g/mol. The first-order chi connectivity index (χ1) is 23.7. The number of aromatic nitrogens is 2. The molecule has 0 spiro atoms. The molecule has 1 N–H and O–H groups in total. The standard InChI is InChI=1S/C19H21ClN2OS.C14H18ClNOS.C5H4FN/c1-22-13-4-5-14(22)10-17(9-13)24-19-7-6-15(11-18(19)20)23-16-3-2-8-21-12-16;1-16-9-2-3-10(16)7-12(6-9)18-14-5-4-11(17)8-13(14)15;6-5-2-1-3-7-4-5/h2-3,6-8,11-14,17H,4-5,9-10H2,1H3;4-5,8-10,12,17H,2-3,6-7H2,1H3;1-4H/t13-,14+,17?;9-,10+,12?;. The predicted octanol–water partition coefficient (Wildman–Crippen LogP) is 10.2. The summed E-state index contributed by atoms with van der Waals surface area (Å²) in [5.74, 6) is 1.43. The molecule has 0 amide bonds. The van der Waals surface area contributed by atoms with Gasteiger partial charge in [0.05, 0.1) is 22.4 Å². The van der Waals surface area contributed by atoms with Crippen molar-refractivity contribution in [2.24, 2.45) is 0 Å². The Morgan fingerprint density at radius 3 is 1.63 bits per heavy atom. The fourth-order valence-electron chi connectivity index (χ4n) is 7.39. The molecule has 4 bridgehead atoms. The topological polar surface area (TPSA) is 61.7 Å². The van der Waals surface area contributed by atoms with Gasteiger partial charge in [-0.2, -0.15) is 0 Å². The van der Waals surface area contributed by atoms with Gasteiger partial charge >= 0.3 is 0 Å². The van der Waals surface area contributed by atoms with Crippen LogP contribution in [0.3, 0.4) is 0 Å². The van der Waals surface area contributed by atoms with Crippen LogP contribution in [-0.2, 0) is 0 Å². The predicted molar refractivity (Wildman–Crippen MR) is 200 cm³/mol. The van der Waals surface area contributed by atoms with Crippen LogP contribution >= 0.6 is 46.7 Å². The summed E-state index contributed by atoms with van der Waals surface area (Å²) in [6.07, 6.45) is 16.6. The number of piperidine rings is 2. The lowest BCUT2D eigenvalue weighted by atomic mass is 10.0. The van der Waals surface area contributed by atoms with Crippen LogP contribution in [0.1, 0.15) is 51.4 Å². The average molecular weight is 742 g/mol. The molecule has 6 nitrogen and oxygen atoms in total. The molecule has 8 rings (SSSR count). The highest BCUT2D eigenvalue weighted by atomic mass is 35.5. The molecule has 4 saturated heterocycles. The van der Waals surface area contributed by atoms with Gasteiger partial charge in [-0.1, -0.05) is 23.2 Å². The van der Waals surface area contributed by atoms with E-state index in [2.05, 4.69) is 39.9 Å². The van der Waals surface area contributed by atoms with Crippen molar-refractivity contribution in [2.75, 3.05) is 14.1 Å². The van der Waals surface area contributed by atoms with Crippen LogP contribution in [0.2, 0.25) is 10.0 Å². The highest BCUT2D eigenvalue weighted by Crippen LogP contribution is 2.45. The number of aromatic hydroxyl groups is 1. The fraction of sp³-hybridized carbons (Fsp3) is 0.421. The van der Waals surface area contributed by atoms with Crippen molar-refractivity contribution in [2.45, 2.75) is 95.8 Å². The van der Waals surface area contributed by atoms with E-state index in [1.54, 1.807) is 30.6 Å². The maximum Gasteiger partial charge on any atom is 0.145 e. The van der Waals surface area contributed by atoms with Gasteiger partial charge in [-0.25, -0.2) is 4.39 Å². The third-order valence-electron chi connectivity index (χ3n) is 10.0. The second-order valence-electron chi connectivity index (χ2n) is 13.2. The average Bonchev–Trinajstić information content (AvgIpc) is 3.40. The van der Waals surface area contributed by atoms with Crippen molar-refractivity contribution in [3.63, 3.8) is 0 Å². The number of pyridine rings is 2. The highest BCUT2D eigenvalue weighted by molar-refractivity contribution is 8.00. The van der Waals surface area contributed by atoms with Gasteiger partial charge in [0.25, 0.3) is 0 Å². The largest absolute Gasteiger partial charge is 0.508 e. The van der Waals surface area contributed by atoms with Crippen LogP contribution in [0, 0.1) is 5.82 Å². The zero-order valence-corrected chi connectivity index (χ0v) is 30.9. The first-order valence-electron chi connectivity index (χ1n) is 16.9. The van der Waals surface area contributed by atoms with Crippen LogP contribution in [0.5, 0.6) is 17.2 Å². The van der Waals surface area contributed by atoms with Crippen LogP contribution in [0.15, 0.2) is 95.2 Å². The highest BCUT2D eigenvalue weighted by Gasteiger charge is 2.39. The molecule has 6 heterocycles. The minimum atomic E-state index is -0.289. The lowest BCUT2D eigenvalue weighted by Gasteiger charge is -2.36. The first-order valence-corrected chi connectivity index (χ1v) is 19.4. The van der Waals surface area contributed by atoms with Crippen LogP contribution in [-0.4, -0.2) is 73.6 Å². The van der Waals surface area contributed by atoms with Gasteiger partial charge in [-0.15, -0.1) is 23.5 Å². The van der Waals surface area contributed by atoms with Crippen molar-refractivity contribution in [3.05, 3.63) is 101 Å². The van der Waals surface area contributed by atoms with Crippen molar-refractivity contribution in [1.29, 1.82) is 0 Å². The lowest BCUT2D eigenvalue weighted by Crippen LogP contribution is -2.40. The van der Waals surface area contributed by atoms with E-state index in [0.717, 1.165) is 50.5 Å². The van der Waals surface area contributed by atoms with Crippen molar-refractivity contribution >= 4 is 46.7 Å². The minimum absolute atomic E-state index is 0.243. The Bertz CT molecular complexity index is 1630. The number of halogens is 3. The number of fused-ring (bicyclic) bond motifs is 4. The second-order valence-corrected chi connectivity index (χ2v) is 16.7. The molecule has 0 aliphatic carbocycles. The molecule has 6 atom stereocenters. The van der Waals surface area contributed by atoms with E-state index in [-0.39, 0.29) is 11.6 Å². The smallest absolute Gasteiger partial charge is 0.145 e. The molecule has 2 aromatic heterocycles. The lowest BCUT2D eigenvalue weighted by molar-refractivity contribution is 0.183. The van der Waals surface area contributed by atoms with Crippen molar-refractivity contribution < 1.29 is 14.2 Å². The Balaban J connectivity index is 0.000000146. The minimum Gasteiger partial charge on any atom is -0.508 e. The van der Waals surface area contributed by atoms with E-state index in [0.29, 0.717) is 15.5 Å². The zero-order valence-electron chi connectivity index (χ0n) is 27.8. The number of nitrogens with zero attached hydrogens (tertiary/aromatic N) is 4. The maximum atomic E-state index is 11.8. The third-order valence-corrected chi connectivity index (χ3v) is 13.5. The van der Waals surface area contributed by atoms with Crippen LogP contribution in [0.25, 0.3) is 0 Å². The van der Waals surface area contributed by atoms with E-state index >= 15 is 0 Å². The van der Waals surface area contributed by atoms with Gasteiger partial charge in [0.2, 0.25) is 0 Å². The summed E-state index contributed by atoms with van der Waals surface area (Å²) in [4.78, 5) is 14.9. The molecule has 11 heteroatoms. The third kappa shape index (κ3) is 9.83. The zero-order chi connectivity index (χ0) is 34.3. The van der Waals surface area contributed by atoms with Crippen LogP contribution in [0.4, 0.5) is 4.39 Å². The number of ether oxygens (including phenoxy) is 1. The molecule has 4 fully saturated rings. The summed E-state index contributed by atoms with van der Waals surface area (Å²) in [6.45, 7) is 0. The maximum absolute atomic E-state index is 11.8. The Morgan fingerprint density at radius 1 is 0.694 bits per heavy atom. The Labute approximate surface area is 307 Å². The van der Waals surface area contributed by atoms with Crippen molar-refractivity contribution in [1.82, 2.24) is 19.8 Å². The number of phenolic OH excluding ortho intramolecular Hbond substituents is 1. The van der Waals surface area contributed by atoms with E-state index in [1.165, 1.54) is 69.8 Å². The van der Waals surface area contributed by atoms with E-state index in [1.807, 2.05) is 53.9 Å². The second kappa shape index (κ2) is 17.1. The number of hydrogen-bond donors (Lipinski definition) is 1. The van der Waals surface area contributed by atoms with E-state index in [4.69, 9.17) is 27.9 Å². The molecule has 4 aromatic rings. The molecule has 2 aromatic carbocycles. The summed E-state index contributed by atoms with van der Waals surface area (Å²) in [5.41, 5.74) is 0. The molecule has 49 heavy (non-hydrogen) atoms. The Kier molecular flexibility index (Phi) is 12.7. The number of rotatable bonds is 6. The van der Waals surface area contributed by atoms with Gasteiger partial charge in [-0.05, 0) is 120 Å². The molecule has 260 valence electrons. The molecule has 4 aliphatic rings. The fourth-order valence-corrected chi connectivity index (χ4v) is 10.6. The van der Waals surface area contributed by atoms with E-state index in [9.17, 15) is 9.50 Å². The summed E-state index contributed by atoms with van der Waals surface area (Å²) in [7, 11) is 4.54. The summed E-state index contributed by atoms with van der Waals surface area (Å²) in [5, 5.41) is 12.2. The van der Waals surface area contributed by atoms with Gasteiger partial charge in [0.15, 0.2) is 0 Å². The van der Waals surface area contributed by atoms with Gasteiger partial charge in [-0.3, -0.25) is 9.97 Å². The summed E-state index contributed by atoms with van der Waals surface area (Å²) in [6, 6.07) is 20.9. The molecule has 0 saturated carbocycles. The SMILES string of the molecule is CN1[C@@H]2CC[C@H]1CC(Sc1ccc(O)cc1Cl)C2.CN1[C@@H]2CC[C@H]1CC(Sc1ccc(Oc3cccnc3)cc1Cl)C2.Fc1cccnc1. The van der Waals surface area contributed by atoms with Crippen LogP contribution < -0.4 is 4.74 Å². The molecule has 2 unspecified atom stereocenters. The molecule has 4 aliphatic heterocycles. The normalized spacial score (nSPS) is 25.9. The van der Waals surface area contributed by atoms with Gasteiger partial charge in [0, 0.05) is 62.9 Å². The summed E-state index contributed by atoms with van der Waals surface area (Å²) >= 11 is 16.5. The van der Waals surface area contributed by atoms with Crippen molar-refractivity contribution in [3.8, 4) is 17.2 Å². The number of hydrogen-bond acceptors (Lipinski definition) is 8.